The molecule has 1 N–H and O–H groups in total. The van der Waals surface area contributed by atoms with Crippen molar-refractivity contribution in [2.75, 3.05) is 58.6 Å². The molecular weight excluding hydrogens is 550 g/mol. The second kappa shape index (κ2) is 13.9. The molecule has 5 rings (SSSR count). The Morgan fingerprint density at radius 2 is 1.55 bits per heavy atom. The highest BCUT2D eigenvalue weighted by Gasteiger charge is 2.28. The number of likely N-dealkylation sites (tertiary alicyclic amines) is 1. The first-order valence-electron chi connectivity index (χ1n) is 14.7. The van der Waals surface area contributed by atoms with E-state index in [1.807, 2.05) is 35.2 Å². The van der Waals surface area contributed by atoms with Crippen molar-refractivity contribution in [3.8, 4) is 5.75 Å². The minimum atomic E-state index is -3.53. The highest BCUT2D eigenvalue weighted by Crippen LogP contribution is 2.23. The highest BCUT2D eigenvalue weighted by molar-refractivity contribution is 7.91. The first-order chi connectivity index (χ1) is 20.2. The van der Waals surface area contributed by atoms with E-state index < -0.39 is 21.9 Å². The number of esters is 1. The van der Waals surface area contributed by atoms with Gasteiger partial charge in [-0.2, -0.15) is 0 Å². The summed E-state index contributed by atoms with van der Waals surface area (Å²) in [6.07, 6.45) is 1.17. The molecule has 0 saturated carbocycles. The molecule has 9 heteroatoms. The Morgan fingerprint density at radius 3 is 2.21 bits per heavy atom. The van der Waals surface area contributed by atoms with Crippen LogP contribution in [0.2, 0.25) is 0 Å². The van der Waals surface area contributed by atoms with Gasteiger partial charge in [-0.3, -0.25) is 9.80 Å². The summed E-state index contributed by atoms with van der Waals surface area (Å²) >= 11 is 0. The van der Waals surface area contributed by atoms with Crippen LogP contribution in [0.25, 0.3) is 0 Å². The van der Waals surface area contributed by atoms with Crippen LogP contribution in [0.15, 0.2) is 83.8 Å². The number of aliphatic hydroxyl groups is 1. The second-order valence-electron chi connectivity index (χ2n) is 11.6. The van der Waals surface area contributed by atoms with Gasteiger partial charge in [0.25, 0.3) is 0 Å². The number of β-amino-alcohol motifs (C(OH)–C–C–N with tert-alkyl or cyclic N) is 1. The molecule has 224 valence electrons. The predicted octanol–water partition coefficient (Wildman–Crippen LogP) is 3.35. The number of carbonyl (C=O) groups excluding carboxylic acids is 1. The average Bonchev–Trinajstić information content (AvgIpc) is 3.00. The van der Waals surface area contributed by atoms with Gasteiger partial charge in [-0.15, -0.1) is 0 Å². The number of nitrogens with zero attached hydrogens (tertiary/aromatic N) is 3. The maximum atomic E-state index is 13.0. The molecule has 2 aliphatic heterocycles. The summed E-state index contributed by atoms with van der Waals surface area (Å²) in [5, 5.41) is 10.7. The molecular formula is C33H41N3O5S. The summed E-state index contributed by atoms with van der Waals surface area (Å²) in [5.74, 6) is -0.0477. The largest absolute Gasteiger partial charge is 0.423 e. The molecule has 3 aromatic rings. The summed E-state index contributed by atoms with van der Waals surface area (Å²) in [6, 6.07) is 23.6. The van der Waals surface area contributed by atoms with Crippen molar-refractivity contribution in [3.05, 3.63) is 95.6 Å². The topological polar surface area (TPSA) is 90.4 Å². The maximum absolute atomic E-state index is 13.0. The number of sulfone groups is 1. The standard InChI is InChI=1S/C33H41N3O5S/c1-34-17-19-36(20-18-34)24-27-7-9-28(10-8-27)33(38)41-30-11-13-31(14-12-30)42(39,40)22-21-35-16-15-29(32(37)25-35)23-26-5-3-2-4-6-26/h2-14,29,32,37H,15-25H2,1H3/t29-,32-/m1/s1. The predicted molar refractivity (Wildman–Crippen MR) is 163 cm³/mol. The molecule has 0 spiro atoms. The lowest BCUT2D eigenvalue weighted by Crippen LogP contribution is -2.46. The van der Waals surface area contributed by atoms with E-state index in [1.165, 1.54) is 29.8 Å². The van der Waals surface area contributed by atoms with Crippen molar-refractivity contribution in [1.29, 1.82) is 0 Å². The number of likely N-dealkylation sites (N-methyl/N-ethyl adjacent to an activating group) is 1. The Morgan fingerprint density at radius 1 is 0.857 bits per heavy atom. The van der Waals surface area contributed by atoms with Gasteiger partial charge in [-0.05, 0) is 79.9 Å². The lowest BCUT2D eigenvalue weighted by atomic mass is 9.88. The molecule has 0 bridgehead atoms. The number of hydrogen-bond acceptors (Lipinski definition) is 8. The van der Waals surface area contributed by atoms with Crippen molar-refractivity contribution < 1.29 is 23.1 Å². The van der Waals surface area contributed by atoms with Crippen molar-refractivity contribution >= 4 is 15.8 Å². The van der Waals surface area contributed by atoms with Crippen LogP contribution in [0.5, 0.6) is 5.75 Å². The molecule has 0 radical (unpaired) electrons. The van der Waals surface area contributed by atoms with Crippen molar-refractivity contribution in [2.45, 2.75) is 30.4 Å². The zero-order valence-electron chi connectivity index (χ0n) is 24.3. The Bertz CT molecular complexity index is 1410. The van der Waals surface area contributed by atoms with Gasteiger partial charge in [0.15, 0.2) is 9.84 Å². The Balaban J connectivity index is 1.08. The van der Waals surface area contributed by atoms with E-state index in [1.54, 1.807) is 12.1 Å². The number of piperidine rings is 1. The zero-order chi connectivity index (χ0) is 29.5. The summed E-state index contributed by atoms with van der Waals surface area (Å²) in [6.45, 7) is 6.62. The fraction of sp³-hybridized carbons (Fsp3) is 0.424. The number of piperazine rings is 1. The molecule has 3 aromatic carbocycles. The molecule has 0 amide bonds. The van der Waals surface area contributed by atoms with E-state index >= 15 is 0 Å². The number of benzene rings is 3. The van der Waals surface area contributed by atoms with Crippen molar-refractivity contribution in [1.82, 2.24) is 14.7 Å². The Hall–Kier alpha value is -3.08. The fourth-order valence-electron chi connectivity index (χ4n) is 5.66. The van der Waals surface area contributed by atoms with Gasteiger partial charge in [0, 0.05) is 45.8 Å². The number of hydrogen-bond donors (Lipinski definition) is 1. The lowest BCUT2D eigenvalue weighted by molar-refractivity contribution is 0.0245. The molecule has 2 aliphatic rings. The van der Waals surface area contributed by atoms with Gasteiger partial charge in [0.1, 0.15) is 5.75 Å². The van der Waals surface area contributed by atoms with E-state index in [9.17, 15) is 18.3 Å². The van der Waals surface area contributed by atoms with E-state index in [0.29, 0.717) is 24.4 Å². The SMILES string of the molecule is CN1CCN(Cc2ccc(C(=O)Oc3ccc(S(=O)(=O)CCN4CC[C@H](Cc5ccccc5)[C@H](O)C4)cc3)cc2)CC1. The molecule has 0 aliphatic carbocycles. The van der Waals surface area contributed by atoms with Crippen LogP contribution >= 0.6 is 0 Å². The first-order valence-corrected chi connectivity index (χ1v) is 16.4. The lowest BCUT2D eigenvalue weighted by Gasteiger charge is -2.36. The second-order valence-corrected chi connectivity index (χ2v) is 13.7. The molecule has 2 saturated heterocycles. The molecule has 2 heterocycles. The Kier molecular flexibility index (Phi) is 10.1. The number of rotatable bonds is 10. The zero-order valence-corrected chi connectivity index (χ0v) is 25.1. The van der Waals surface area contributed by atoms with Gasteiger partial charge in [-0.25, -0.2) is 13.2 Å². The van der Waals surface area contributed by atoms with Crippen LogP contribution in [0, 0.1) is 5.92 Å². The average molecular weight is 592 g/mol. The minimum absolute atomic E-state index is 0.0390. The minimum Gasteiger partial charge on any atom is -0.423 e. The summed E-state index contributed by atoms with van der Waals surface area (Å²) in [7, 11) is -1.39. The van der Waals surface area contributed by atoms with Crippen LogP contribution in [0.3, 0.4) is 0 Å². The van der Waals surface area contributed by atoms with Crippen LogP contribution < -0.4 is 4.74 Å². The van der Waals surface area contributed by atoms with Gasteiger partial charge < -0.3 is 14.7 Å². The van der Waals surface area contributed by atoms with Gasteiger partial charge in [-0.1, -0.05) is 42.5 Å². The van der Waals surface area contributed by atoms with E-state index in [4.69, 9.17) is 4.74 Å². The highest BCUT2D eigenvalue weighted by atomic mass is 32.2. The molecule has 8 nitrogen and oxygen atoms in total. The van der Waals surface area contributed by atoms with Crippen LogP contribution in [0.4, 0.5) is 0 Å². The maximum Gasteiger partial charge on any atom is 0.343 e. The Labute approximate surface area is 249 Å². The van der Waals surface area contributed by atoms with Crippen LogP contribution in [-0.2, 0) is 22.8 Å². The number of ether oxygens (including phenoxy) is 1. The van der Waals surface area contributed by atoms with Crippen LogP contribution in [0.1, 0.15) is 27.9 Å². The molecule has 0 aromatic heterocycles. The fourth-order valence-corrected chi connectivity index (χ4v) is 6.95. The molecule has 2 atom stereocenters. The van der Waals surface area contributed by atoms with Gasteiger partial charge >= 0.3 is 5.97 Å². The first kappa shape index (κ1) is 30.4. The monoisotopic (exact) mass is 591 g/mol. The molecule has 2 fully saturated rings. The van der Waals surface area contributed by atoms with E-state index in [0.717, 1.165) is 57.7 Å². The quantitative estimate of drug-likeness (QED) is 0.284. The summed E-state index contributed by atoms with van der Waals surface area (Å²) < 4.78 is 31.5. The molecule has 42 heavy (non-hydrogen) atoms. The number of carbonyl (C=O) groups is 1. The van der Waals surface area contributed by atoms with Crippen molar-refractivity contribution in [3.63, 3.8) is 0 Å². The number of aliphatic hydroxyl groups excluding tert-OH is 1. The van der Waals surface area contributed by atoms with Gasteiger partial charge in [0.2, 0.25) is 0 Å². The van der Waals surface area contributed by atoms with Gasteiger partial charge in [0.05, 0.1) is 22.3 Å². The third-order valence-electron chi connectivity index (χ3n) is 8.41. The van der Waals surface area contributed by atoms with Crippen molar-refractivity contribution in [2.24, 2.45) is 5.92 Å². The third kappa shape index (κ3) is 8.26. The molecule has 0 unspecified atom stereocenters. The summed E-state index contributed by atoms with van der Waals surface area (Å²) in [4.78, 5) is 19.6. The van der Waals surface area contributed by atoms with E-state index in [2.05, 4.69) is 29.0 Å². The smallest absolute Gasteiger partial charge is 0.343 e. The summed E-state index contributed by atoms with van der Waals surface area (Å²) in [5.41, 5.74) is 2.81. The third-order valence-corrected chi connectivity index (χ3v) is 10.1. The van der Waals surface area contributed by atoms with E-state index in [-0.39, 0.29) is 16.6 Å². The van der Waals surface area contributed by atoms with Crippen LogP contribution in [-0.4, -0.2) is 98.9 Å². The normalized spacial score (nSPS) is 20.8.